The highest BCUT2D eigenvalue weighted by molar-refractivity contribution is 9.10. The summed E-state index contributed by atoms with van der Waals surface area (Å²) in [7, 11) is 0. The molecule has 0 aliphatic rings. The van der Waals surface area contributed by atoms with Gasteiger partial charge in [-0.3, -0.25) is 9.36 Å². The molecule has 0 saturated carbocycles. The first-order chi connectivity index (χ1) is 10.7. The molecule has 0 bridgehead atoms. The van der Waals surface area contributed by atoms with Gasteiger partial charge in [-0.05, 0) is 36.8 Å². The van der Waals surface area contributed by atoms with Crippen molar-refractivity contribution in [3.05, 3.63) is 57.2 Å². The molecule has 0 spiro atoms. The molecular formula is C16H15BrN2O3. The van der Waals surface area contributed by atoms with E-state index in [1.807, 2.05) is 19.1 Å². The van der Waals surface area contributed by atoms with Crippen molar-refractivity contribution >= 4 is 26.8 Å². The SMILES string of the molecule is CCCOc1nc2ccc(Br)cc2c(=O)n1Cc1ccco1. The first kappa shape index (κ1) is 14.8. The van der Waals surface area contributed by atoms with Crippen LogP contribution in [0.3, 0.4) is 0 Å². The Labute approximate surface area is 135 Å². The number of aromatic nitrogens is 2. The minimum absolute atomic E-state index is 0.145. The lowest BCUT2D eigenvalue weighted by atomic mass is 10.2. The van der Waals surface area contributed by atoms with Crippen molar-refractivity contribution in [3.63, 3.8) is 0 Å². The summed E-state index contributed by atoms with van der Waals surface area (Å²) in [5.74, 6) is 0.680. The molecule has 0 aliphatic heterocycles. The second kappa shape index (κ2) is 6.36. The van der Waals surface area contributed by atoms with Gasteiger partial charge < -0.3 is 9.15 Å². The molecule has 1 aromatic carbocycles. The van der Waals surface area contributed by atoms with Crippen LogP contribution < -0.4 is 10.3 Å². The second-order valence-electron chi connectivity index (χ2n) is 4.87. The van der Waals surface area contributed by atoms with Gasteiger partial charge in [0.1, 0.15) is 5.76 Å². The van der Waals surface area contributed by atoms with E-state index in [4.69, 9.17) is 9.15 Å². The van der Waals surface area contributed by atoms with Gasteiger partial charge in [-0.15, -0.1) is 0 Å². The normalized spacial score (nSPS) is 11.0. The quantitative estimate of drug-likeness (QED) is 0.695. The van der Waals surface area contributed by atoms with Crippen molar-refractivity contribution < 1.29 is 9.15 Å². The van der Waals surface area contributed by atoms with Crippen LogP contribution in [0.15, 0.2) is 50.3 Å². The standard InChI is InChI=1S/C16H15BrN2O3/c1-2-7-22-16-18-14-6-5-11(17)9-13(14)15(20)19(16)10-12-4-3-8-21-12/h3-6,8-9H,2,7,10H2,1H3. The summed E-state index contributed by atoms with van der Waals surface area (Å²) in [6, 6.07) is 9.36. The Bertz CT molecular complexity index is 840. The van der Waals surface area contributed by atoms with Crippen LogP contribution in [0.4, 0.5) is 0 Å². The van der Waals surface area contributed by atoms with Gasteiger partial charge in [0, 0.05) is 4.47 Å². The maximum atomic E-state index is 12.8. The molecule has 3 rings (SSSR count). The molecule has 6 heteroatoms. The van der Waals surface area contributed by atoms with Gasteiger partial charge in [0.25, 0.3) is 11.6 Å². The van der Waals surface area contributed by atoms with Crippen LogP contribution in [0.25, 0.3) is 10.9 Å². The predicted molar refractivity (Wildman–Crippen MR) is 87.3 cm³/mol. The molecule has 0 radical (unpaired) electrons. The average molecular weight is 363 g/mol. The van der Waals surface area contributed by atoms with Gasteiger partial charge in [0.05, 0.1) is 30.3 Å². The number of benzene rings is 1. The Balaban J connectivity index is 2.16. The summed E-state index contributed by atoms with van der Waals surface area (Å²) in [6.45, 7) is 2.81. The smallest absolute Gasteiger partial charge is 0.300 e. The minimum Gasteiger partial charge on any atom is -0.467 e. The highest BCUT2D eigenvalue weighted by Gasteiger charge is 2.14. The van der Waals surface area contributed by atoms with Crippen molar-refractivity contribution in [3.8, 4) is 6.01 Å². The molecule has 0 unspecified atom stereocenters. The fourth-order valence-corrected chi connectivity index (χ4v) is 2.54. The number of ether oxygens (including phenoxy) is 1. The van der Waals surface area contributed by atoms with Crippen molar-refractivity contribution in [2.45, 2.75) is 19.9 Å². The zero-order valence-electron chi connectivity index (χ0n) is 12.1. The summed E-state index contributed by atoms with van der Waals surface area (Å²) in [6.07, 6.45) is 2.42. The topological polar surface area (TPSA) is 57.3 Å². The summed E-state index contributed by atoms with van der Waals surface area (Å²) in [4.78, 5) is 17.2. The number of hydrogen-bond donors (Lipinski definition) is 0. The monoisotopic (exact) mass is 362 g/mol. The zero-order chi connectivity index (χ0) is 15.5. The number of hydrogen-bond acceptors (Lipinski definition) is 4. The van der Waals surface area contributed by atoms with Gasteiger partial charge in [-0.1, -0.05) is 22.9 Å². The molecule has 0 saturated heterocycles. The van der Waals surface area contributed by atoms with Gasteiger partial charge in [0.15, 0.2) is 0 Å². The number of nitrogens with zero attached hydrogens (tertiary/aromatic N) is 2. The van der Waals surface area contributed by atoms with E-state index in [0.29, 0.717) is 35.8 Å². The van der Waals surface area contributed by atoms with Crippen LogP contribution in [0.2, 0.25) is 0 Å². The molecule has 5 nitrogen and oxygen atoms in total. The molecule has 2 heterocycles. The molecule has 0 N–H and O–H groups in total. The number of furan rings is 1. The summed E-state index contributed by atoms with van der Waals surface area (Å²) in [5, 5.41) is 0.546. The first-order valence-corrected chi connectivity index (χ1v) is 7.83. The first-order valence-electron chi connectivity index (χ1n) is 7.04. The van der Waals surface area contributed by atoms with Crippen LogP contribution in [-0.2, 0) is 6.54 Å². The maximum absolute atomic E-state index is 12.8. The minimum atomic E-state index is -0.145. The van der Waals surface area contributed by atoms with Crippen LogP contribution in [0.5, 0.6) is 6.01 Å². The molecule has 3 aromatic rings. The molecule has 22 heavy (non-hydrogen) atoms. The molecule has 0 fully saturated rings. The molecule has 0 amide bonds. The van der Waals surface area contributed by atoms with Crippen molar-refractivity contribution in [2.75, 3.05) is 6.61 Å². The van der Waals surface area contributed by atoms with E-state index in [-0.39, 0.29) is 5.56 Å². The largest absolute Gasteiger partial charge is 0.467 e. The predicted octanol–water partition coefficient (Wildman–Crippen LogP) is 3.59. The Kier molecular flexibility index (Phi) is 4.29. The lowest BCUT2D eigenvalue weighted by Gasteiger charge is -2.12. The third kappa shape index (κ3) is 2.92. The van der Waals surface area contributed by atoms with E-state index in [1.165, 1.54) is 4.57 Å². The number of halogens is 1. The summed E-state index contributed by atoms with van der Waals surface area (Å²) >= 11 is 3.39. The zero-order valence-corrected chi connectivity index (χ0v) is 13.7. The lowest BCUT2D eigenvalue weighted by Crippen LogP contribution is -2.24. The van der Waals surface area contributed by atoms with Crippen LogP contribution in [-0.4, -0.2) is 16.2 Å². The van der Waals surface area contributed by atoms with E-state index < -0.39 is 0 Å². The molecule has 0 aliphatic carbocycles. The van der Waals surface area contributed by atoms with Gasteiger partial charge >= 0.3 is 0 Å². The van der Waals surface area contributed by atoms with Crippen molar-refractivity contribution in [1.82, 2.24) is 9.55 Å². The van der Waals surface area contributed by atoms with Crippen LogP contribution in [0, 0.1) is 0 Å². The lowest BCUT2D eigenvalue weighted by molar-refractivity contribution is 0.273. The fraction of sp³-hybridized carbons (Fsp3) is 0.250. The van der Waals surface area contributed by atoms with Crippen LogP contribution in [0.1, 0.15) is 19.1 Å². The maximum Gasteiger partial charge on any atom is 0.300 e. The third-order valence-electron chi connectivity index (χ3n) is 3.21. The molecule has 114 valence electrons. The van der Waals surface area contributed by atoms with E-state index in [1.54, 1.807) is 24.5 Å². The molecular weight excluding hydrogens is 348 g/mol. The Hall–Kier alpha value is -2.08. The van der Waals surface area contributed by atoms with Gasteiger partial charge in [-0.2, -0.15) is 4.98 Å². The summed E-state index contributed by atoms with van der Waals surface area (Å²) < 4.78 is 13.3. The highest BCUT2D eigenvalue weighted by atomic mass is 79.9. The second-order valence-corrected chi connectivity index (χ2v) is 5.79. The fourth-order valence-electron chi connectivity index (χ4n) is 2.17. The average Bonchev–Trinajstić information content (AvgIpc) is 3.02. The van der Waals surface area contributed by atoms with E-state index >= 15 is 0 Å². The summed E-state index contributed by atoms with van der Waals surface area (Å²) in [5.41, 5.74) is 0.476. The van der Waals surface area contributed by atoms with Crippen molar-refractivity contribution in [2.24, 2.45) is 0 Å². The number of fused-ring (bicyclic) bond motifs is 1. The van der Waals surface area contributed by atoms with E-state index in [9.17, 15) is 4.79 Å². The molecule has 0 atom stereocenters. The van der Waals surface area contributed by atoms with Gasteiger partial charge in [0.2, 0.25) is 0 Å². The van der Waals surface area contributed by atoms with Crippen molar-refractivity contribution in [1.29, 1.82) is 0 Å². The van der Waals surface area contributed by atoms with E-state index in [0.717, 1.165) is 10.9 Å². The number of rotatable bonds is 5. The Morgan fingerprint density at radius 3 is 2.95 bits per heavy atom. The highest BCUT2D eigenvalue weighted by Crippen LogP contribution is 2.19. The van der Waals surface area contributed by atoms with Gasteiger partial charge in [-0.25, -0.2) is 0 Å². The Morgan fingerprint density at radius 1 is 1.36 bits per heavy atom. The Morgan fingerprint density at radius 2 is 2.23 bits per heavy atom. The van der Waals surface area contributed by atoms with E-state index in [2.05, 4.69) is 20.9 Å². The van der Waals surface area contributed by atoms with Crippen LogP contribution >= 0.6 is 15.9 Å². The third-order valence-corrected chi connectivity index (χ3v) is 3.70. The molecule has 2 aromatic heterocycles.